The first-order valence-electron chi connectivity index (χ1n) is 9.98. The molecular formula is C20H31ClIN5O. The number of nitrogens with zero attached hydrogens (tertiary/aromatic N) is 2. The minimum absolute atomic E-state index is 0. The topological polar surface area (TPSA) is 68.8 Å². The van der Waals surface area contributed by atoms with E-state index in [2.05, 4.69) is 38.8 Å². The first-order chi connectivity index (χ1) is 13.1. The lowest BCUT2D eigenvalue weighted by Crippen LogP contribution is -2.44. The van der Waals surface area contributed by atoms with Gasteiger partial charge in [0.1, 0.15) is 0 Å². The summed E-state index contributed by atoms with van der Waals surface area (Å²) in [6, 6.07) is 8.78. The number of guanidine groups is 1. The van der Waals surface area contributed by atoms with E-state index in [-0.39, 0.29) is 29.9 Å². The van der Waals surface area contributed by atoms with Crippen LogP contribution in [0.2, 0.25) is 5.02 Å². The number of halogens is 2. The number of hydrogen-bond acceptors (Lipinski definition) is 3. The standard InChI is InChI=1S/C20H30ClN5O.HI/c1-2-22-20(23-11-4-7-19(27)24-16-8-9-16)25-17-10-12-26(14-17)18-6-3-5-15(21)13-18;/h3,5-6,13,16-17H,2,4,7-12,14H2,1H3,(H,24,27)(H2,22,23,25);1H. The Kier molecular flexibility index (Phi) is 9.64. The van der Waals surface area contributed by atoms with E-state index in [1.165, 1.54) is 0 Å². The SMILES string of the molecule is CCNC(=NCCCC(=O)NC1CC1)NC1CCN(c2cccc(Cl)c2)C1.I. The second kappa shape index (κ2) is 11.7. The first-order valence-corrected chi connectivity index (χ1v) is 10.4. The molecule has 1 saturated carbocycles. The molecular weight excluding hydrogens is 489 g/mol. The molecule has 156 valence electrons. The fourth-order valence-corrected chi connectivity index (χ4v) is 3.44. The summed E-state index contributed by atoms with van der Waals surface area (Å²) >= 11 is 6.11. The van der Waals surface area contributed by atoms with Gasteiger partial charge in [0.15, 0.2) is 5.96 Å². The summed E-state index contributed by atoms with van der Waals surface area (Å²) in [6.07, 6.45) is 4.64. The highest BCUT2D eigenvalue weighted by Gasteiger charge is 2.24. The van der Waals surface area contributed by atoms with E-state index in [0.29, 0.717) is 25.0 Å². The molecule has 6 nitrogen and oxygen atoms in total. The van der Waals surface area contributed by atoms with Gasteiger partial charge in [-0.2, -0.15) is 0 Å². The van der Waals surface area contributed by atoms with Gasteiger partial charge in [0.05, 0.1) is 0 Å². The normalized spacial score (nSPS) is 19.1. The Labute approximate surface area is 189 Å². The van der Waals surface area contributed by atoms with Gasteiger partial charge in [-0.15, -0.1) is 24.0 Å². The maximum atomic E-state index is 11.7. The van der Waals surface area contributed by atoms with E-state index in [4.69, 9.17) is 11.6 Å². The number of carbonyl (C=O) groups is 1. The van der Waals surface area contributed by atoms with Crippen molar-refractivity contribution >= 4 is 53.1 Å². The van der Waals surface area contributed by atoms with Crippen molar-refractivity contribution in [1.82, 2.24) is 16.0 Å². The summed E-state index contributed by atoms with van der Waals surface area (Å²) in [5.41, 5.74) is 1.16. The summed E-state index contributed by atoms with van der Waals surface area (Å²) in [5, 5.41) is 10.6. The van der Waals surface area contributed by atoms with Crippen molar-refractivity contribution in [2.45, 2.75) is 51.1 Å². The number of benzene rings is 1. The van der Waals surface area contributed by atoms with E-state index in [0.717, 1.165) is 62.0 Å². The molecule has 3 rings (SSSR count). The molecule has 1 saturated heterocycles. The number of aliphatic imine (C=N–C) groups is 1. The van der Waals surface area contributed by atoms with Gasteiger partial charge < -0.3 is 20.9 Å². The number of hydrogen-bond donors (Lipinski definition) is 3. The van der Waals surface area contributed by atoms with Gasteiger partial charge in [0.25, 0.3) is 0 Å². The highest BCUT2D eigenvalue weighted by Crippen LogP contribution is 2.23. The van der Waals surface area contributed by atoms with Crippen molar-refractivity contribution in [2.75, 3.05) is 31.1 Å². The van der Waals surface area contributed by atoms with Crippen LogP contribution in [0.1, 0.15) is 39.0 Å². The summed E-state index contributed by atoms with van der Waals surface area (Å²) in [6.45, 7) is 5.46. The Morgan fingerprint density at radius 2 is 2.07 bits per heavy atom. The molecule has 3 N–H and O–H groups in total. The third-order valence-electron chi connectivity index (χ3n) is 4.82. The smallest absolute Gasteiger partial charge is 0.220 e. The number of nitrogens with one attached hydrogen (secondary N) is 3. The van der Waals surface area contributed by atoms with E-state index < -0.39 is 0 Å². The third kappa shape index (κ3) is 7.66. The molecule has 8 heteroatoms. The van der Waals surface area contributed by atoms with Crippen molar-refractivity contribution in [1.29, 1.82) is 0 Å². The van der Waals surface area contributed by atoms with Crippen LogP contribution in [0.4, 0.5) is 5.69 Å². The molecule has 1 aromatic carbocycles. The largest absolute Gasteiger partial charge is 0.369 e. The van der Waals surface area contributed by atoms with Gasteiger partial charge in [-0.25, -0.2) is 0 Å². The average molecular weight is 520 g/mol. The van der Waals surface area contributed by atoms with Gasteiger partial charge in [-0.05, 0) is 50.8 Å². The molecule has 1 atom stereocenters. The van der Waals surface area contributed by atoms with Crippen LogP contribution in [0.5, 0.6) is 0 Å². The molecule has 2 aliphatic rings. The van der Waals surface area contributed by atoms with Crippen molar-refractivity contribution in [2.24, 2.45) is 4.99 Å². The second-order valence-electron chi connectivity index (χ2n) is 7.26. The van der Waals surface area contributed by atoms with E-state index in [1.807, 2.05) is 18.2 Å². The quantitative estimate of drug-likeness (QED) is 0.214. The minimum atomic E-state index is 0. The predicted octanol–water partition coefficient (Wildman–Crippen LogP) is 3.15. The Morgan fingerprint density at radius 3 is 2.79 bits per heavy atom. The summed E-state index contributed by atoms with van der Waals surface area (Å²) in [7, 11) is 0. The highest BCUT2D eigenvalue weighted by molar-refractivity contribution is 14.0. The molecule has 1 aromatic rings. The molecule has 0 aromatic heterocycles. The number of anilines is 1. The molecule has 2 fully saturated rings. The molecule has 0 bridgehead atoms. The minimum Gasteiger partial charge on any atom is -0.369 e. The number of amides is 1. The predicted molar refractivity (Wildman–Crippen MR) is 127 cm³/mol. The van der Waals surface area contributed by atoms with E-state index in [9.17, 15) is 4.79 Å². The van der Waals surface area contributed by atoms with Crippen LogP contribution in [0.25, 0.3) is 0 Å². The van der Waals surface area contributed by atoms with Crippen LogP contribution in [-0.4, -0.2) is 50.1 Å². The van der Waals surface area contributed by atoms with Crippen LogP contribution in [0.3, 0.4) is 0 Å². The zero-order valence-corrected chi connectivity index (χ0v) is 19.5. The van der Waals surface area contributed by atoms with Crippen LogP contribution in [0, 0.1) is 0 Å². The zero-order chi connectivity index (χ0) is 19.1. The second-order valence-corrected chi connectivity index (χ2v) is 7.70. The Morgan fingerprint density at radius 1 is 1.25 bits per heavy atom. The highest BCUT2D eigenvalue weighted by atomic mass is 127. The Bertz CT molecular complexity index is 668. The summed E-state index contributed by atoms with van der Waals surface area (Å²) in [5.74, 6) is 0.983. The third-order valence-corrected chi connectivity index (χ3v) is 5.06. The molecule has 0 spiro atoms. The number of carbonyl (C=O) groups excluding carboxylic acids is 1. The molecule has 1 aliphatic carbocycles. The Balaban J connectivity index is 0.00000280. The van der Waals surface area contributed by atoms with Gasteiger partial charge in [0, 0.05) is 55.4 Å². The molecule has 28 heavy (non-hydrogen) atoms. The average Bonchev–Trinajstić information content (AvgIpc) is 3.33. The molecule has 1 unspecified atom stereocenters. The van der Waals surface area contributed by atoms with Crippen molar-refractivity contribution < 1.29 is 4.79 Å². The summed E-state index contributed by atoms with van der Waals surface area (Å²) < 4.78 is 0. The molecule has 1 aliphatic heterocycles. The number of rotatable bonds is 8. The molecule has 1 heterocycles. The van der Waals surface area contributed by atoms with E-state index in [1.54, 1.807) is 0 Å². The Hall–Kier alpha value is -1.22. The lowest BCUT2D eigenvalue weighted by molar-refractivity contribution is -0.121. The lowest BCUT2D eigenvalue weighted by atomic mass is 10.2. The maximum absolute atomic E-state index is 11.7. The van der Waals surface area contributed by atoms with Gasteiger partial charge in [-0.3, -0.25) is 9.79 Å². The maximum Gasteiger partial charge on any atom is 0.220 e. The van der Waals surface area contributed by atoms with Crippen molar-refractivity contribution in [3.63, 3.8) is 0 Å². The molecule has 0 radical (unpaired) electrons. The van der Waals surface area contributed by atoms with E-state index >= 15 is 0 Å². The fourth-order valence-electron chi connectivity index (χ4n) is 3.26. The van der Waals surface area contributed by atoms with Gasteiger partial charge >= 0.3 is 0 Å². The fraction of sp³-hybridized carbons (Fsp3) is 0.600. The first kappa shape index (κ1) is 23.1. The van der Waals surface area contributed by atoms with Crippen LogP contribution >= 0.6 is 35.6 Å². The molecule has 1 amide bonds. The zero-order valence-electron chi connectivity index (χ0n) is 16.4. The summed E-state index contributed by atoms with van der Waals surface area (Å²) in [4.78, 5) is 18.7. The van der Waals surface area contributed by atoms with Gasteiger partial charge in [0.2, 0.25) is 5.91 Å². The van der Waals surface area contributed by atoms with Crippen molar-refractivity contribution in [3.8, 4) is 0 Å². The van der Waals surface area contributed by atoms with Crippen LogP contribution < -0.4 is 20.9 Å². The van der Waals surface area contributed by atoms with Gasteiger partial charge in [-0.1, -0.05) is 17.7 Å². The monoisotopic (exact) mass is 519 g/mol. The van der Waals surface area contributed by atoms with Crippen LogP contribution in [0.15, 0.2) is 29.3 Å². The van der Waals surface area contributed by atoms with Crippen molar-refractivity contribution in [3.05, 3.63) is 29.3 Å². The van der Waals surface area contributed by atoms with Crippen LogP contribution in [-0.2, 0) is 4.79 Å². The lowest BCUT2D eigenvalue weighted by Gasteiger charge is -2.20.